The molecule has 2 heteroatoms. The van der Waals surface area contributed by atoms with Crippen molar-refractivity contribution in [1.82, 2.24) is 0 Å². The maximum atomic E-state index is 10.5. The molecule has 21 heavy (non-hydrogen) atoms. The second-order valence-corrected chi connectivity index (χ2v) is 5.46. The SMILES string of the molecule is O=Cc1ccc(C2CCCCC2)cc1.Oc1ccccc1. The molecule has 0 aliphatic heterocycles. The average Bonchev–Trinajstić information content (AvgIpc) is 2.57. The molecule has 0 unspecified atom stereocenters. The van der Waals surface area contributed by atoms with E-state index in [9.17, 15) is 4.79 Å². The monoisotopic (exact) mass is 282 g/mol. The molecule has 0 radical (unpaired) electrons. The standard InChI is InChI=1S/C13H16O.C6H6O/c14-10-11-6-8-13(9-7-11)12-4-2-1-3-5-12;7-6-4-2-1-3-5-6/h6-10,12H,1-5H2;1-5,7H. The number of hydrogen-bond donors (Lipinski definition) is 1. The molecule has 0 saturated heterocycles. The zero-order valence-corrected chi connectivity index (χ0v) is 12.2. The molecule has 0 amide bonds. The molecule has 2 aromatic carbocycles. The maximum Gasteiger partial charge on any atom is 0.150 e. The fraction of sp³-hybridized carbons (Fsp3) is 0.316. The van der Waals surface area contributed by atoms with Crippen LogP contribution in [0.15, 0.2) is 54.6 Å². The summed E-state index contributed by atoms with van der Waals surface area (Å²) in [5.74, 6) is 1.06. The summed E-state index contributed by atoms with van der Waals surface area (Å²) in [6.45, 7) is 0. The lowest BCUT2D eigenvalue weighted by Crippen LogP contribution is -2.04. The predicted octanol–water partition coefficient (Wildman–Crippen LogP) is 4.94. The first kappa shape index (κ1) is 15.3. The lowest BCUT2D eigenvalue weighted by Gasteiger charge is -2.21. The van der Waals surface area contributed by atoms with Gasteiger partial charge >= 0.3 is 0 Å². The maximum absolute atomic E-state index is 10.5. The van der Waals surface area contributed by atoms with Crippen molar-refractivity contribution >= 4 is 6.29 Å². The fourth-order valence-electron chi connectivity index (χ4n) is 2.71. The lowest BCUT2D eigenvalue weighted by atomic mass is 9.84. The Labute approximate surface area is 126 Å². The Kier molecular flexibility index (Phi) is 6.01. The van der Waals surface area contributed by atoms with Crippen LogP contribution in [0.4, 0.5) is 0 Å². The molecule has 3 rings (SSSR count). The second kappa shape index (κ2) is 8.25. The predicted molar refractivity (Wildman–Crippen MR) is 85.8 cm³/mol. The molecule has 110 valence electrons. The molecule has 1 fully saturated rings. The normalized spacial score (nSPS) is 14.9. The van der Waals surface area contributed by atoms with E-state index in [4.69, 9.17) is 5.11 Å². The van der Waals surface area contributed by atoms with Gasteiger partial charge in [0.25, 0.3) is 0 Å². The first-order valence-corrected chi connectivity index (χ1v) is 7.59. The molecule has 0 heterocycles. The van der Waals surface area contributed by atoms with Crippen molar-refractivity contribution in [1.29, 1.82) is 0 Å². The molecule has 0 spiro atoms. The van der Waals surface area contributed by atoms with Gasteiger partial charge < -0.3 is 5.11 Å². The largest absolute Gasteiger partial charge is 0.508 e. The first-order chi connectivity index (χ1) is 10.3. The Balaban J connectivity index is 0.000000194. The Hall–Kier alpha value is -2.09. The first-order valence-electron chi connectivity index (χ1n) is 7.59. The van der Waals surface area contributed by atoms with Crippen LogP contribution in [0.5, 0.6) is 5.75 Å². The van der Waals surface area contributed by atoms with Crippen molar-refractivity contribution < 1.29 is 9.90 Å². The quantitative estimate of drug-likeness (QED) is 0.792. The Morgan fingerprint density at radius 2 is 1.48 bits per heavy atom. The molecule has 2 nitrogen and oxygen atoms in total. The number of aromatic hydroxyl groups is 1. The van der Waals surface area contributed by atoms with Gasteiger partial charge in [0, 0.05) is 5.56 Å². The summed E-state index contributed by atoms with van der Waals surface area (Å²) in [7, 11) is 0. The van der Waals surface area contributed by atoms with E-state index in [1.54, 1.807) is 24.3 Å². The number of phenols is 1. The summed E-state index contributed by atoms with van der Waals surface area (Å²) < 4.78 is 0. The van der Waals surface area contributed by atoms with Crippen LogP contribution in [0, 0.1) is 0 Å². The van der Waals surface area contributed by atoms with Gasteiger partial charge in [-0.15, -0.1) is 0 Å². The Morgan fingerprint density at radius 3 is 1.95 bits per heavy atom. The highest BCUT2D eigenvalue weighted by molar-refractivity contribution is 5.74. The van der Waals surface area contributed by atoms with Gasteiger partial charge in [0.2, 0.25) is 0 Å². The zero-order valence-electron chi connectivity index (χ0n) is 12.2. The van der Waals surface area contributed by atoms with E-state index in [2.05, 4.69) is 12.1 Å². The van der Waals surface area contributed by atoms with E-state index < -0.39 is 0 Å². The number of para-hydroxylation sites is 1. The molecule has 0 aromatic heterocycles. The highest BCUT2D eigenvalue weighted by Crippen LogP contribution is 2.32. The van der Waals surface area contributed by atoms with Crippen LogP contribution in [-0.4, -0.2) is 11.4 Å². The summed E-state index contributed by atoms with van der Waals surface area (Å²) in [6.07, 6.45) is 7.66. The van der Waals surface area contributed by atoms with Gasteiger partial charge in [0.1, 0.15) is 12.0 Å². The van der Waals surface area contributed by atoms with Crippen molar-refractivity contribution in [2.45, 2.75) is 38.0 Å². The van der Waals surface area contributed by atoms with Crippen molar-refractivity contribution in [2.75, 3.05) is 0 Å². The van der Waals surface area contributed by atoms with Gasteiger partial charge in [-0.2, -0.15) is 0 Å². The van der Waals surface area contributed by atoms with Crippen molar-refractivity contribution in [2.24, 2.45) is 0 Å². The Morgan fingerprint density at radius 1 is 0.857 bits per heavy atom. The third-order valence-electron chi connectivity index (χ3n) is 3.91. The number of carbonyl (C=O) groups is 1. The van der Waals surface area contributed by atoms with E-state index in [0.29, 0.717) is 5.75 Å². The van der Waals surface area contributed by atoms with E-state index in [1.165, 1.54) is 37.7 Å². The third kappa shape index (κ3) is 5.07. The summed E-state index contributed by atoms with van der Waals surface area (Å²) in [5, 5.41) is 8.63. The number of carbonyl (C=O) groups excluding carboxylic acids is 1. The summed E-state index contributed by atoms with van der Waals surface area (Å²) in [5.41, 5.74) is 2.19. The van der Waals surface area contributed by atoms with E-state index in [-0.39, 0.29) is 0 Å². The lowest BCUT2D eigenvalue weighted by molar-refractivity contribution is 0.112. The number of hydrogen-bond acceptors (Lipinski definition) is 2. The topological polar surface area (TPSA) is 37.3 Å². The van der Waals surface area contributed by atoms with Crippen LogP contribution < -0.4 is 0 Å². The fourth-order valence-corrected chi connectivity index (χ4v) is 2.71. The molecule has 1 aliphatic rings. The van der Waals surface area contributed by atoms with Crippen LogP contribution in [0.2, 0.25) is 0 Å². The molecule has 0 bridgehead atoms. The highest BCUT2D eigenvalue weighted by Gasteiger charge is 2.14. The van der Waals surface area contributed by atoms with Crippen molar-refractivity contribution in [3.63, 3.8) is 0 Å². The van der Waals surface area contributed by atoms with Gasteiger partial charge in [0.05, 0.1) is 0 Å². The molecule has 1 aliphatic carbocycles. The van der Waals surface area contributed by atoms with E-state index in [0.717, 1.165) is 17.8 Å². The van der Waals surface area contributed by atoms with Crippen molar-refractivity contribution in [3.8, 4) is 5.75 Å². The van der Waals surface area contributed by atoms with Crippen LogP contribution in [-0.2, 0) is 0 Å². The van der Waals surface area contributed by atoms with Gasteiger partial charge in [-0.25, -0.2) is 0 Å². The van der Waals surface area contributed by atoms with Gasteiger partial charge in [0.15, 0.2) is 0 Å². The summed E-state index contributed by atoms with van der Waals surface area (Å²) in [4.78, 5) is 10.5. The second-order valence-electron chi connectivity index (χ2n) is 5.46. The minimum atomic E-state index is 0.322. The van der Waals surface area contributed by atoms with Crippen LogP contribution in [0.3, 0.4) is 0 Å². The van der Waals surface area contributed by atoms with Crippen LogP contribution in [0.25, 0.3) is 0 Å². The minimum Gasteiger partial charge on any atom is -0.508 e. The third-order valence-corrected chi connectivity index (χ3v) is 3.91. The summed E-state index contributed by atoms with van der Waals surface area (Å²) in [6, 6.07) is 16.8. The molecule has 0 atom stereocenters. The number of benzene rings is 2. The smallest absolute Gasteiger partial charge is 0.150 e. The molecular formula is C19H22O2. The molecule has 1 saturated carbocycles. The highest BCUT2D eigenvalue weighted by atomic mass is 16.3. The van der Waals surface area contributed by atoms with E-state index in [1.807, 2.05) is 18.2 Å². The average molecular weight is 282 g/mol. The van der Waals surface area contributed by atoms with E-state index >= 15 is 0 Å². The number of phenolic OH excluding ortho intramolecular Hbond substituents is 1. The van der Waals surface area contributed by atoms with Gasteiger partial charge in [-0.3, -0.25) is 4.79 Å². The Bertz CT molecular complexity index is 525. The van der Waals surface area contributed by atoms with Crippen LogP contribution in [0.1, 0.15) is 53.9 Å². The molecule has 2 aromatic rings. The van der Waals surface area contributed by atoms with Gasteiger partial charge in [-0.05, 0) is 36.5 Å². The van der Waals surface area contributed by atoms with Crippen LogP contribution >= 0.6 is 0 Å². The van der Waals surface area contributed by atoms with Crippen molar-refractivity contribution in [3.05, 3.63) is 65.7 Å². The number of rotatable bonds is 2. The minimum absolute atomic E-state index is 0.322. The molecular weight excluding hydrogens is 260 g/mol. The summed E-state index contributed by atoms with van der Waals surface area (Å²) >= 11 is 0. The molecule has 1 N–H and O–H groups in total. The van der Waals surface area contributed by atoms with Gasteiger partial charge in [-0.1, -0.05) is 61.7 Å². The number of aldehydes is 1. The zero-order chi connectivity index (χ0) is 14.9.